The van der Waals surface area contributed by atoms with Crippen LogP contribution in [-0.2, 0) is 11.2 Å². The van der Waals surface area contributed by atoms with Crippen LogP contribution in [0, 0.1) is 0 Å². The summed E-state index contributed by atoms with van der Waals surface area (Å²) in [5, 5.41) is 2.82. The monoisotopic (exact) mass is 311 g/mol. The Morgan fingerprint density at radius 1 is 1.44 bits per heavy atom. The highest BCUT2D eigenvalue weighted by Gasteiger charge is 2.27. The zero-order chi connectivity index (χ0) is 13.3. The van der Waals surface area contributed by atoms with Gasteiger partial charge in [-0.05, 0) is 56.9 Å². The Balaban J connectivity index is 2.04. The molecule has 1 atom stereocenters. The second-order valence-corrected chi connectivity index (χ2v) is 6.57. The van der Waals surface area contributed by atoms with E-state index in [9.17, 15) is 4.79 Å². The first-order chi connectivity index (χ1) is 8.35. The van der Waals surface area contributed by atoms with Crippen molar-refractivity contribution in [1.29, 1.82) is 0 Å². The quantitative estimate of drug-likeness (QED) is 0.852. The van der Waals surface area contributed by atoms with E-state index >= 15 is 0 Å². The van der Waals surface area contributed by atoms with Crippen LogP contribution in [-0.4, -0.2) is 11.6 Å². The molecule has 2 rings (SSSR count). The van der Waals surface area contributed by atoms with Gasteiger partial charge in [0, 0.05) is 10.0 Å². The molecule has 0 spiro atoms. The van der Waals surface area contributed by atoms with Crippen molar-refractivity contribution in [3.63, 3.8) is 0 Å². The van der Waals surface area contributed by atoms with E-state index in [0.29, 0.717) is 0 Å². The molecule has 1 aliphatic carbocycles. The van der Waals surface area contributed by atoms with Gasteiger partial charge in [-0.3, -0.25) is 0 Å². The van der Waals surface area contributed by atoms with Crippen molar-refractivity contribution >= 4 is 22.0 Å². The lowest BCUT2D eigenvalue weighted by Crippen LogP contribution is -2.41. The molecule has 3 nitrogen and oxygen atoms in total. The van der Waals surface area contributed by atoms with Crippen LogP contribution in [0.5, 0.6) is 0 Å². The van der Waals surface area contributed by atoms with Gasteiger partial charge < -0.3 is 10.1 Å². The largest absolute Gasteiger partial charge is 0.441 e. The molecular formula is C14H18BrNO2. The number of benzene rings is 1. The summed E-state index contributed by atoms with van der Waals surface area (Å²) in [5.41, 5.74) is 2.12. The van der Waals surface area contributed by atoms with Gasteiger partial charge in [-0.1, -0.05) is 22.0 Å². The number of alkyl carbamates (subject to hydrolysis) is 1. The summed E-state index contributed by atoms with van der Waals surface area (Å²) in [4.78, 5) is 11.7. The Kier molecular flexibility index (Phi) is 3.66. The van der Waals surface area contributed by atoms with Crippen LogP contribution >= 0.6 is 15.9 Å². The van der Waals surface area contributed by atoms with E-state index in [1.54, 1.807) is 0 Å². The molecule has 1 aromatic rings. The molecule has 1 amide bonds. The van der Waals surface area contributed by atoms with E-state index in [1.165, 1.54) is 5.56 Å². The van der Waals surface area contributed by atoms with Gasteiger partial charge in [-0.2, -0.15) is 0 Å². The summed E-state index contributed by atoms with van der Waals surface area (Å²) >= 11 is 3.46. The van der Waals surface area contributed by atoms with Crippen LogP contribution in [0.15, 0.2) is 22.7 Å². The number of nitrogens with one attached hydrogen (secondary N) is 1. The zero-order valence-electron chi connectivity index (χ0n) is 10.9. The van der Waals surface area contributed by atoms with Crippen molar-refractivity contribution in [2.75, 3.05) is 0 Å². The average molecular weight is 312 g/mol. The lowest BCUT2D eigenvalue weighted by Gasteiger charge is -2.22. The van der Waals surface area contributed by atoms with Crippen LogP contribution in [0.2, 0.25) is 0 Å². The third kappa shape index (κ3) is 3.25. The molecule has 0 fully saturated rings. The first kappa shape index (κ1) is 13.4. The first-order valence-electron chi connectivity index (χ1n) is 6.12. The second kappa shape index (κ2) is 4.92. The highest BCUT2D eigenvalue weighted by atomic mass is 79.9. The lowest BCUT2D eigenvalue weighted by atomic mass is 10.1. The van der Waals surface area contributed by atoms with Gasteiger partial charge in [0.05, 0.1) is 0 Å². The number of carbonyl (C=O) groups is 1. The Morgan fingerprint density at radius 3 is 2.83 bits per heavy atom. The van der Waals surface area contributed by atoms with E-state index < -0.39 is 0 Å². The Labute approximate surface area is 116 Å². The number of rotatable bonds is 1. The van der Waals surface area contributed by atoms with Crippen molar-refractivity contribution < 1.29 is 9.53 Å². The fourth-order valence-electron chi connectivity index (χ4n) is 2.13. The predicted molar refractivity (Wildman–Crippen MR) is 74.6 cm³/mol. The van der Waals surface area contributed by atoms with Gasteiger partial charge in [0.15, 0.2) is 0 Å². The number of hydrogen-bond acceptors (Lipinski definition) is 2. The van der Waals surface area contributed by atoms with Crippen LogP contribution in [0.3, 0.4) is 0 Å². The molecule has 4 heteroatoms. The molecule has 0 saturated carbocycles. The van der Waals surface area contributed by atoms with Crippen LogP contribution in [0.25, 0.3) is 0 Å². The third-order valence-electron chi connectivity index (χ3n) is 2.85. The molecule has 1 unspecified atom stereocenters. The number of ether oxygens (including phenoxy) is 1. The van der Waals surface area contributed by atoms with Crippen molar-refractivity contribution in [3.8, 4) is 0 Å². The number of carbonyl (C=O) groups excluding carboxylic acids is 1. The van der Waals surface area contributed by atoms with Gasteiger partial charge in [0.25, 0.3) is 0 Å². The average Bonchev–Trinajstić information content (AvgIpc) is 2.57. The number of fused-ring (bicyclic) bond motifs is 1. The first-order valence-corrected chi connectivity index (χ1v) is 6.91. The van der Waals surface area contributed by atoms with E-state index in [1.807, 2.05) is 32.9 Å². The minimum atomic E-state index is -0.344. The number of aryl methyl sites for hydroxylation is 1. The molecule has 0 bridgehead atoms. The molecule has 0 aromatic heterocycles. The Morgan fingerprint density at radius 2 is 2.17 bits per heavy atom. The number of hydrogen-bond donors (Lipinski definition) is 1. The minimum Gasteiger partial charge on any atom is -0.441 e. The van der Waals surface area contributed by atoms with Gasteiger partial charge in [0.2, 0.25) is 0 Å². The van der Waals surface area contributed by atoms with Crippen molar-refractivity contribution in [2.45, 2.75) is 45.3 Å². The Bertz CT molecular complexity index is 465. The van der Waals surface area contributed by atoms with Crippen molar-refractivity contribution in [1.82, 2.24) is 5.32 Å². The number of halogens is 1. The lowest BCUT2D eigenvalue weighted by molar-refractivity contribution is 0.0918. The van der Waals surface area contributed by atoms with Crippen molar-refractivity contribution in [2.24, 2.45) is 0 Å². The molecule has 0 aliphatic heterocycles. The fourth-order valence-corrected chi connectivity index (χ4v) is 2.54. The van der Waals surface area contributed by atoms with Crippen molar-refractivity contribution in [3.05, 3.63) is 33.8 Å². The maximum atomic E-state index is 11.7. The maximum absolute atomic E-state index is 11.7. The molecule has 0 saturated heterocycles. The molecule has 1 aliphatic rings. The standard InChI is InChI=1S/C14H18BrNO2/c1-14(2,3)16-13(17)18-12-7-4-9-8-10(15)5-6-11(9)12/h5-6,8,12H,4,7H2,1-3H3,(H,16,17). The predicted octanol–water partition coefficient (Wildman–Crippen LogP) is 3.96. The van der Waals surface area contributed by atoms with Gasteiger partial charge >= 0.3 is 6.09 Å². The molecular weight excluding hydrogens is 294 g/mol. The third-order valence-corrected chi connectivity index (χ3v) is 3.35. The highest BCUT2D eigenvalue weighted by Crippen LogP contribution is 2.35. The SMILES string of the molecule is CC(C)(C)NC(=O)OC1CCc2cc(Br)ccc21. The summed E-state index contributed by atoms with van der Waals surface area (Å²) in [5.74, 6) is 0. The van der Waals surface area contributed by atoms with Crippen LogP contribution < -0.4 is 5.32 Å². The summed E-state index contributed by atoms with van der Waals surface area (Å²) in [6.07, 6.45) is 1.37. The molecule has 18 heavy (non-hydrogen) atoms. The summed E-state index contributed by atoms with van der Waals surface area (Å²) in [6.45, 7) is 5.82. The fraction of sp³-hybridized carbons (Fsp3) is 0.500. The molecule has 1 N–H and O–H groups in total. The van der Waals surface area contributed by atoms with Crippen LogP contribution in [0.4, 0.5) is 4.79 Å². The van der Waals surface area contributed by atoms with Gasteiger partial charge in [0.1, 0.15) is 6.10 Å². The van der Waals surface area contributed by atoms with E-state index in [2.05, 4.69) is 27.3 Å². The Hall–Kier alpha value is -1.03. The summed E-state index contributed by atoms with van der Waals surface area (Å²) in [7, 11) is 0. The second-order valence-electron chi connectivity index (χ2n) is 5.65. The van der Waals surface area contributed by atoms with Gasteiger partial charge in [-0.25, -0.2) is 4.79 Å². The topological polar surface area (TPSA) is 38.3 Å². The van der Waals surface area contributed by atoms with E-state index in [0.717, 1.165) is 22.9 Å². The molecule has 98 valence electrons. The summed E-state index contributed by atoms with van der Waals surface area (Å²) < 4.78 is 6.56. The highest BCUT2D eigenvalue weighted by molar-refractivity contribution is 9.10. The maximum Gasteiger partial charge on any atom is 0.408 e. The van der Waals surface area contributed by atoms with E-state index in [4.69, 9.17) is 4.74 Å². The molecule has 1 aromatic carbocycles. The zero-order valence-corrected chi connectivity index (χ0v) is 12.5. The smallest absolute Gasteiger partial charge is 0.408 e. The normalized spacial score (nSPS) is 18.3. The molecule has 0 heterocycles. The van der Waals surface area contributed by atoms with Crippen LogP contribution in [0.1, 0.15) is 44.4 Å². The van der Waals surface area contributed by atoms with E-state index in [-0.39, 0.29) is 17.7 Å². The molecule has 0 radical (unpaired) electrons. The van der Waals surface area contributed by atoms with Gasteiger partial charge in [-0.15, -0.1) is 0 Å². The number of amides is 1. The summed E-state index contributed by atoms with van der Waals surface area (Å²) in [6, 6.07) is 6.12. The minimum absolute atomic E-state index is 0.115.